The number of alkyl halides is 2. The van der Waals surface area contributed by atoms with Crippen molar-refractivity contribution in [2.75, 3.05) is 0 Å². The van der Waals surface area contributed by atoms with Crippen LogP contribution >= 0.6 is 31.9 Å². The monoisotopic (exact) mass is 318 g/mol. The molecule has 0 unspecified atom stereocenters. The largest absolute Gasteiger partial charge is 0.297 e. The molecule has 0 bridgehead atoms. The lowest BCUT2D eigenvalue weighted by atomic mass is 10.1. The number of benzene rings is 1. The van der Waals surface area contributed by atoms with Gasteiger partial charge >= 0.3 is 0 Å². The molecule has 74 valence electrons. The summed E-state index contributed by atoms with van der Waals surface area (Å²) < 4.78 is -0.442. The fraction of sp³-hybridized carbons (Fsp3) is 0.200. The lowest BCUT2D eigenvalue weighted by Crippen LogP contribution is -2.13. The summed E-state index contributed by atoms with van der Waals surface area (Å²) in [6.45, 7) is 0. The fourth-order valence-corrected chi connectivity index (χ4v) is 1.29. The molecule has 0 fully saturated rings. The number of hydrogen-bond acceptors (Lipinski definition) is 2. The zero-order chi connectivity index (χ0) is 10.6. The molecule has 2 nitrogen and oxygen atoms in total. The normalized spacial score (nSPS) is 10.2. The van der Waals surface area contributed by atoms with E-state index in [2.05, 4.69) is 31.9 Å². The SMILES string of the molecule is O=C(CC(=O)C(Br)Br)c1ccccc1. The Hall–Kier alpha value is -0.480. The summed E-state index contributed by atoms with van der Waals surface area (Å²) in [7, 11) is 0. The standard InChI is InChI=1S/C10H8Br2O2/c11-10(12)9(14)6-8(13)7-4-2-1-3-5-7/h1-5,10H,6H2. The van der Waals surface area contributed by atoms with Crippen LogP contribution < -0.4 is 0 Å². The van der Waals surface area contributed by atoms with E-state index in [9.17, 15) is 9.59 Å². The van der Waals surface area contributed by atoms with Gasteiger partial charge in [0, 0.05) is 5.56 Å². The van der Waals surface area contributed by atoms with Gasteiger partial charge in [-0.2, -0.15) is 0 Å². The minimum absolute atomic E-state index is 0.0782. The van der Waals surface area contributed by atoms with E-state index in [-0.39, 0.29) is 18.0 Å². The molecule has 0 aromatic heterocycles. The Labute approximate surface area is 98.9 Å². The average molecular weight is 320 g/mol. The van der Waals surface area contributed by atoms with Crippen LogP contribution in [0.5, 0.6) is 0 Å². The first-order valence-electron chi connectivity index (χ1n) is 4.00. The number of hydrogen-bond donors (Lipinski definition) is 0. The molecule has 1 aromatic rings. The number of Topliss-reactive ketones (excluding diaryl/α,β-unsaturated/α-hetero) is 2. The van der Waals surface area contributed by atoms with Gasteiger partial charge in [0.25, 0.3) is 0 Å². The van der Waals surface area contributed by atoms with Crippen molar-refractivity contribution in [1.82, 2.24) is 0 Å². The van der Waals surface area contributed by atoms with Gasteiger partial charge in [-0.25, -0.2) is 0 Å². The summed E-state index contributed by atoms with van der Waals surface area (Å²) in [5.74, 6) is -0.321. The molecule has 0 aliphatic heterocycles. The summed E-state index contributed by atoms with van der Waals surface area (Å²) in [4.78, 5) is 22.7. The molecule has 1 rings (SSSR count). The minimum Gasteiger partial charge on any atom is -0.297 e. The van der Waals surface area contributed by atoms with Crippen molar-refractivity contribution < 1.29 is 9.59 Å². The fourth-order valence-electron chi connectivity index (χ4n) is 0.962. The molecule has 14 heavy (non-hydrogen) atoms. The molecule has 0 radical (unpaired) electrons. The summed E-state index contributed by atoms with van der Waals surface area (Å²) in [5, 5.41) is 0. The number of rotatable bonds is 4. The van der Waals surface area contributed by atoms with Crippen molar-refractivity contribution in [3.8, 4) is 0 Å². The Morgan fingerprint density at radius 1 is 1.14 bits per heavy atom. The van der Waals surface area contributed by atoms with Gasteiger partial charge in [-0.15, -0.1) is 0 Å². The van der Waals surface area contributed by atoms with Crippen LogP contribution in [0.3, 0.4) is 0 Å². The summed E-state index contributed by atoms with van der Waals surface area (Å²) in [6.07, 6.45) is -0.0782. The lowest BCUT2D eigenvalue weighted by molar-refractivity contribution is -0.116. The van der Waals surface area contributed by atoms with E-state index in [1.165, 1.54) is 0 Å². The second-order valence-electron chi connectivity index (χ2n) is 2.73. The number of carbonyl (C=O) groups is 2. The first-order chi connectivity index (χ1) is 6.61. The molecule has 0 amide bonds. The molecule has 0 atom stereocenters. The molecular weight excluding hydrogens is 312 g/mol. The lowest BCUT2D eigenvalue weighted by Gasteiger charge is -2.00. The Morgan fingerprint density at radius 2 is 1.71 bits per heavy atom. The zero-order valence-corrected chi connectivity index (χ0v) is 10.4. The van der Waals surface area contributed by atoms with E-state index < -0.39 is 3.74 Å². The van der Waals surface area contributed by atoms with E-state index in [0.717, 1.165) is 0 Å². The number of halogens is 2. The van der Waals surface area contributed by atoms with Crippen molar-refractivity contribution >= 4 is 43.4 Å². The highest BCUT2D eigenvalue weighted by atomic mass is 79.9. The Balaban J connectivity index is 2.65. The molecule has 0 aliphatic carbocycles. The second-order valence-corrected chi connectivity index (χ2v) is 5.79. The van der Waals surface area contributed by atoms with Crippen LogP contribution in [-0.2, 0) is 4.79 Å². The topological polar surface area (TPSA) is 34.1 Å². The highest BCUT2D eigenvalue weighted by molar-refractivity contribution is 9.25. The average Bonchev–Trinajstić information content (AvgIpc) is 2.19. The Bertz CT molecular complexity index is 333. The van der Waals surface area contributed by atoms with Crippen molar-refractivity contribution in [2.24, 2.45) is 0 Å². The maximum atomic E-state index is 11.5. The predicted molar refractivity (Wildman–Crippen MR) is 62.0 cm³/mol. The molecule has 0 N–H and O–H groups in total. The van der Waals surface area contributed by atoms with Crippen molar-refractivity contribution in [2.45, 2.75) is 10.2 Å². The van der Waals surface area contributed by atoms with Crippen molar-refractivity contribution in [3.05, 3.63) is 35.9 Å². The third-order valence-electron chi connectivity index (χ3n) is 1.67. The maximum Gasteiger partial charge on any atom is 0.170 e. The van der Waals surface area contributed by atoms with E-state index in [1.807, 2.05) is 6.07 Å². The minimum atomic E-state index is -0.442. The quantitative estimate of drug-likeness (QED) is 0.486. The molecule has 4 heteroatoms. The van der Waals surface area contributed by atoms with Gasteiger partial charge in [0.1, 0.15) is 3.74 Å². The highest BCUT2D eigenvalue weighted by Gasteiger charge is 2.16. The third-order valence-corrected chi connectivity index (χ3v) is 2.70. The molecule has 0 saturated heterocycles. The van der Waals surface area contributed by atoms with Crippen LogP contribution in [0.2, 0.25) is 0 Å². The van der Waals surface area contributed by atoms with Gasteiger partial charge in [-0.3, -0.25) is 9.59 Å². The van der Waals surface area contributed by atoms with E-state index in [1.54, 1.807) is 24.3 Å². The first kappa shape index (κ1) is 11.6. The van der Waals surface area contributed by atoms with Crippen LogP contribution in [-0.4, -0.2) is 15.3 Å². The highest BCUT2D eigenvalue weighted by Crippen LogP contribution is 2.13. The summed E-state index contributed by atoms with van der Waals surface area (Å²) >= 11 is 6.11. The first-order valence-corrected chi connectivity index (χ1v) is 5.83. The molecular formula is C10H8Br2O2. The number of ketones is 2. The van der Waals surface area contributed by atoms with Crippen LogP contribution in [0.4, 0.5) is 0 Å². The van der Waals surface area contributed by atoms with Crippen LogP contribution in [0.15, 0.2) is 30.3 Å². The van der Waals surface area contributed by atoms with Crippen LogP contribution in [0.1, 0.15) is 16.8 Å². The Kier molecular flexibility index (Phi) is 4.48. The van der Waals surface area contributed by atoms with Crippen molar-refractivity contribution in [1.29, 1.82) is 0 Å². The summed E-state index contributed by atoms with van der Waals surface area (Å²) in [5.41, 5.74) is 0.571. The van der Waals surface area contributed by atoms with Gasteiger partial charge < -0.3 is 0 Å². The molecule has 0 spiro atoms. The second kappa shape index (κ2) is 5.41. The molecule has 1 aromatic carbocycles. The van der Waals surface area contributed by atoms with Crippen LogP contribution in [0.25, 0.3) is 0 Å². The van der Waals surface area contributed by atoms with Crippen LogP contribution in [0, 0.1) is 0 Å². The zero-order valence-electron chi connectivity index (χ0n) is 7.24. The van der Waals surface area contributed by atoms with Gasteiger partial charge in [0.05, 0.1) is 6.42 Å². The van der Waals surface area contributed by atoms with E-state index in [4.69, 9.17) is 0 Å². The predicted octanol–water partition coefficient (Wildman–Crippen LogP) is 2.94. The maximum absolute atomic E-state index is 11.5. The number of carbonyl (C=O) groups excluding carboxylic acids is 2. The summed E-state index contributed by atoms with van der Waals surface area (Å²) in [6, 6.07) is 8.78. The van der Waals surface area contributed by atoms with Gasteiger partial charge in [-0.05, 0) is 0 Å². The molecule has 0 heterocycles. The smallest absolute Gasteiger partial charge is 0.170 e. The molecule has 0 aliphatic rings. The van der Waals surface area contributed by atoms with Gasteiger partial charge in [-0.1, -0.05) is 62.2 Å². The van der Waals surface area contributed by atoms with E-state index >= 15 is 0 Å². The van der Waals surface area contributed by atoms with Crippen molar-refractivity contribution in [3.63, 3.8) is 0 Å². The van der Waals surface area contributed by atoms with Gasteiger partial charge in [0.15, 0.2) is 11.6 Å². The van der Waals surface area contributed by atoms with Gasteiger partial charge in [0.2, 0.25) is 0 Å². The third kappa shape index (κ3) is 3.35. The van der Waals surface area contributed by atoms with E-state index in [0.29, 0.717) is 5.56 Å². The molecule has 0 saturated carbocycles. The Morgan fingerprint density at radius 3 is 2.21 bits per heavy atom.